The lowest BCUT2D eigenvalue weighted by Gasteiger charge is -2.13. The molecule has 6 nitrogen and oxygen atoms in total. The molecule has 0 heterocycles. The number of halogens is 1. The van der Waals surface area contributed by atoms with Gasteiger partial charge < -0.3 is 16.2 Å². The lowest BCUT2D eigenvalue weighted by Crippen LogP contribution is -2.41. The van der Waals surface area contributed by atoms with Crippen LogP contribution in [-0.4, -0.2) is 34.7 Å². The Kier molecular flexibility index (Phi) is 6.16. The van der Waals surface area contributed by atoms with E-state index in [1.165, 1.54) is 19.1 Å². The van der Waals surface area contributed by atoms with E-state index in [1.807, 2.05) is 0 Å². The molecule has 1 aromatic carbocycles. The number of carboxylic acids is 1. The lowest BCUT2D eigenvalue weighted by molar-refractivity contribution is -0.140. The molecule has 2 amide bonds. The largest absolute Gasteiger partial charge is 0.480 e. The van der Waals surface area contributed by atoms with Crippen molar-refractivity contribution in [2.24, 2.45) is 5.73 Å². The zero-order valence-electron chi connectivity index (χ0n) is 11.3. The molecule has 0 fully saturated rings. The van der Waals surface area contributed by atoms with E-state index in [0.29, 0.717) is 0 Å². The number of carbonyl (C=O) groups is 3. The second kappa shape index (κ2) is 7.63. The fraction of sp³-hybridized carbons (Fsp3) is 0.308. The van der Waals surface area contributed by atoms with Crippen LogP contribution in [0.5, 0.6) is 0 Å². The molecule has 0 aliphatic heterocycles. The van der Waals surface area contributed by atoms with Gasteiger partial charge in [0.25, 0.3) is 0 Å². The molecule has 8 heteroatoms. The van der Waals surface area contributed by atoms with Crippen molar-refractivity contribution >= 4 is 29.5 Å². The molecule has 1 rings (SSSR count). The van der Waals surface area contributed by atoms with Gasteiger partial charge in [-0.2, -0.15) is 11.8 Å². The number of primary amides is 1. The third-order valence-electron chi connectivity index (χ3n) is 2.55. The molecule has 4 N–H and O–H groups in total. The van der Waals surface area contributed by atoms with Gasteiger partial charge in [-0.05, 0) is 23.8 Å². The van der Waals surface area contributed by atoms with Crippen LogP contribution in [0.2, 0.25) is 0 Å². The summed E-state index contributed by atoms with van der Waals surface area (Å²) in [6.45, 7) is 1.22. The Bertz CT molecular complexity index is 565. The first-order chi connectivity index (χ1) is 9.81. The summed E-state index contributed by atoms with van der Waals surface area (Å²) in [4.78, 5) is 32.8. The van der Waals surface area contributed by atoms with Crippen molar-refractivity contribution in [1.82, 2.24) is 5.32 Å². The average molecular weight is 314 g/mol. The monoisotopic (exact) mass is 314 g/mol. The van der Waals surface area contributed by atoms with E-state index >= 15 is 0 Å². The number of benzene rings is 1. The zero-order chi connectivity index (χ0) is 16.0. The third kappa shape index (κ3) is 5.42. The summed E-state index contributed by atoms with van der Waals surface area (Å²) >= 11 is 1.13. The number of nitrogens with one attached hydrogen (secondary N) is 1. The summed E-state index contributed by atoms with van der Waals surface area (Å²) < 4.78 is 13.6. The van der Waals surface area contributed by atoms with Gasteiger partial charge in [0.15, 0.2) is 0 Å². The van der Waals surface area contributed by atoms with Crippen molar-refractivity contribution in [3.8, 4) is 0 Å². The molecule has 0 unspecified atom stereocenters. The average Bonchev–Trinajstić information content (AvgIpc) is 2.38. The minimum atomic E-state index is -1.16. The van der Waals surface area contributed by atoms with E-state index in [4.69, 9.17) is 10.8 Å². The van der Waals surface area contributed by atoms with Gasteiger partial charge in [-0.3, -0.25) is 9.59 Å². The number of rotatable bonds is 7. The summed E-state index contributed by atoms with van der Waals surface area (Å²) in [6.07, 6.45) is 0. The van der Waals surface area contributed by atoms with Crippen LogP contribution in [0, 0.1) is 5.82 Å². The highest BCUT2D eigenvalue weighted by Gasteiger charge is 2.18. The van der Waals surface area contributed by atoms with Crippen LogP contribution in [0.3, 0.4) is 0 Å². The molecular formula is C13H15FN2O4S. The maximum absolute atomic E-state index is 13.6. The van der Waals surface area contributed by atoms with Crippen LogP contribution < -0.4 is 11.1 Å². The minimum absolute atomic E-state index is 0.0785. The minimum Gasteiger partial charge on any atom is -0.480 e. The van der Waals surface area contributed by atoms with Gasteiger partial charge >= 0.3 is 5.97 Å². The van der Waals surface area contributed by atoms with Gasteiger partial charge in [-0.1, -0.05) is 0 Å². The highest BCUT2D eigenvalue weighted by molar-refractivity contribution is 7.98. The molecule has 21 heavy (non-hydrogen) atoms. The number of carboxylic acid groups (broad SMARTS) is 1. The Morgan fingerprint density at radius 2 is 2.10 bits per heavy atom. The van der Waals surface area contributed by atoms with Crippen LogP contribution in [0.4, 0.5) is 4.39 Å². The number of thioether (sulfide) groups is 1. The van der Waals surface area contributed by atoms with E-state index in [1.54, 1.807) is 0 Å². The quantitative estimate of drug-likeness (QED) is 0.688. The zero-order valence-corrected chi connectivity index (χ0v) is 12.1. The Balaban J connectivity index is 2.66. The van der Waals surface area contributed by atoms with Crippen LogP contribution in [-0.2, 0) is 15.3 Å². The maximum Gasteiger partial charge on any atom is 0.327 e. The second-order valence-corrected chi connectivity index (χ2v) is 5.31. The Morgan fingerprint density at radius 1 is 1.43 bits per heavy atom. The summed E-state index contributed by atoms with van der Waals surface area (Å²) in [7, 11) is 0. The Labute approximate surface area is 124 Å². The van der Waals surface area contributed by atoms with Gasteiger partial charge in [0, 0.05) is 24.0 Å². The van der Waals surface area contributed by atoms with Gasteiger partial charge in [-0.15, -0.1) is 0 Å². The smallest absolute Gasteiger partial charge is 0.327 e. The van der Waals surface area contributed by atoms with E-state index in [9.17, 15) is 18.8 Å². The summed E-state index contributed by atoms with van der Waals surface area (Å²) in [5, 5.41) is 11.2. The standard InChI is InChI=1S/C13H15FN2O4S/c1-7(17)16-11(13(19)20)6-21-5-9-4-8(12(15)18)2-3-10(9)14/h2-4,11H,5-6H2,1H3,(H2,15,18)(H,16,17)(H,19,20)/t11-/m0/s1. The van der Waals surface area contributed by atoms with Crippen molar-refractivity contribution in [1.29, 1.82) is 0 Å². The fourth-order valence-corrected chi connectivity index (χ4v) is 2.57. The molecule has 1 atom stereocenters. The van der Waals surface area contributed by atoms with Crippen LogP contribution in [0.1, 0.15) is 22.8 Å². The number of nitrogens with two attached hydrogens (primary N) is 1. The molecule has 1 aromatic rings. The van der Waals surface area contributed by atoms with E-state index in [-0.39, 0.29) is 22.6 Å². The summed E-state index contributed by atoms with van der Waals surface area (Å²) in [5.74, 6) is -2.54. The second-order valence-electron chi connectivity index (χ2n) is 4.28. The highest BCUT2D eigenvalue weighted by atomic mass is 32.2. The molecule has 0 radical (unpaired) electrons. The molecule has 0 bridgehead atoms. The van der Waals surface area contributed by atoms with Gasteiger partial charge in [0.2, 0.25) is 11.8 Å². The van der Waals surface area contributed by atoms with E-state index in [0.717, 1.165) is 17.8 Å². The first-order valence-corrected chi connectivity index (χ1v) is 7.12. The van der Waals surface area contributed by atoms with E-state index in [2.05, 4.69) is 5.32 Å². The first-order valence-electron chi connectivity index (χ1n) is 5.97. The summed E-state index contributed by atoms with van der Waals surface area (Å²) in [5.41, 5.74) is 5.55. The fourth-order valence-electron chi connectivity index (χ4n) is 1.55. The van der Waals surface area contributed by atoms with Crippen molar-refractivity contribution in [3.05, 3.63) is 35.1 Å². The molecule has 0 spiro atoms. The van der Waals surface area contributed by atoms with Gasteiger partial charge in [-0.25, -0.2) is 9.18 Å². The number of amides is 2. The van der Waals surface area contributed by atoms with Crippen LogP contribution in [0.15, 0.2) is 18.2 Å². The molecule has 0 aliphatic rings. The van der Waals surface area contributed by atoms with Crippen LogP contribution in [0.25, 0.3) is 0 Å². The molecule has 0 aromatic heterocycles. The van der Waals surface area contributed by atoms with E-state index < -0.39 is 29.6 Å². The third-order valence-corrected chi connectivity index (χ3v) is 3.63. The molecule has 0 aliphatic carbocycles. The van der Waals surface area contributed by atoms with Crippen molar-refractivity contribution < 1.29 is 23.9 Å². The molecular weight excluding hydrogens is 299 g/mol. The summed E-state index contributed by atoms with van der Waals surface area (Å²) in [6, 6.07) is 2.70. The number of aliphatic carboxylic acids is 1. The molecule has 0 saturated carbocycles. The predicted molar refractivity (Wildman–Crippen MR) is 76.3 cm³/mol. The normalized spacial score (nSPS) is 11.7. The Morgan fingerprint density at radius 3 is 2.62 bits per heavy atom. The van der Waals surface area contributed by atoms with Crippen molar-refractivity contribution in [2.75, 3.05) is 5.75 Å². The molecule has 0 saturated heterocycles. The maximum atomic E-state index is 13.6. The lowest BCUT2D eigenvalue weighted by atomic mass is 10.1. The topological polar surface area (TPSA) is 109 Å². The Hall–Kier alpha value is -2.09. The number of carbonyl (C=O) groups excluding carboxylic acids is 2. The number of hydrogen-bond donors (Lipinski definition) is 3. The first kappa shape index (κ1) is 17.0. The van der Waals surface area contributed by atoms with Crippen molar-refractivity contribution in [2.45, 2.75) is 18.7 Å². The van der Waals surface area contributed by atoms with Gasteiger partial charge in [0.05, 0.1) is 0 Å². The van der Waals surface area contributed by atoms with Crippen LogP contribution >= 0.6 is 11.8 Å². The predicted octanol–water partition coefficient (Wildman–Crippen LogP) is 0.747. The van der Waals surface area contributed by atoms with Crippen molar-refractivity contribution in [3.63, 3.8) is 0 Å². The van der Waals surface area contributed by atoms with Gasteiger partial charge in [0.1, 0.15) is 11.9 Å². The highest BCUT2D eigenvalue weighted by Crippen LogP contribution is 2.18. The molecule has 114 valence electrons. The number of hydrogen-bond acceptors (Lipinski definition) is 4. The SMILES string of the molecule is CC(=O)N[C@@H](CSCc1cc(C(N)=O)ccc1F)C(=O)O.